The van der Waals surface area contributed by atoms with Crippen molar-refractivity contribution in [2.24, 2.45) is 0 Å². The Morgan fingerprint density at radius 2 is 1.65 bits per heavy atom. The number of benzene rings is 1. The van der Waals surface area contributed by atoms with Crippen molar-refractivity contribution in [1.29, 1.82) is 0 Å². The van der Waals surface area contributed by atoms with Gasteiger partial charge in [0.15, 0.2) is 0 Å². The summed E-state index contributed by atoms with van der Waals surface area (Å²) >= 11 is 1.45. The topological polar surface area (TPSA) is 49.9 Å². The van der Waals surface area contributed by atoms with Crippen LogP contribution in [0, 0.1) is 0 Å². The third kappa shape index (κ3) is 4.43. The van der Waals surface area contributed by atoms with Crippen molar-refractivity contribution in [2.75, 3.05) is 32.8 Å². The molecule has 0 bridgehead atoms. The van der Waals surface area contributed by atoms with Gasteiger partial charge in [0.2, 0.25) is 0 Å². The van der Waals surface area contributed by atoms with E-state index in [9.17, 15) is 9.59 Å². The molecule has 1 aromatic heterocycles. The smallest absolute Gasteiger partial charge is 0.264 e. The van der Waals surface area contributed by atoms with Crippen molar-refractivity contribution in [1.82, 2.24) is 9.80 Å². The van der Waals surface area contributed by atoms with Crippen LogP contribution in [0.2, 0.25) is 0 Å². The van der Waals surface area contributed by atoms with E-state index in [1.807, 2.05) is 51.6 Å². The normalized spacial score (nSPS) is 14.3. The quantitative estimate of drug-likeness (QED) is 0.729. The molecule has 2 aromatic rings. The molecule has 0 N–H and O–H groups in total. The number of nitrogens with zero attached hydrogens (tertiary/aromatic N) is 2. The fourth-order valence-corrected chi connectivity index (χ4v) is 3.57. The van der Waals surface area contributed by atoms with E-state index in [0.717, 1.165) is 23.5 Å². The number of piperazine rings is 1. The average Bonchev–Trinajstić information content (AvgIpc) is 3.23. The highest BCUT2D eigenvalue weighted by atomic mass is 32.1. The number of thiophene rings is 1. The summed E-state index contributed by atoms with van der Waals surface area (Å²) in [5.41, 5.74) is 0.658. The van der Waals surface area contributed by atoms with Crippen LogP contribution in [0.25, 0.3) is 0 Å². The maximum Gasteiger partial charge on any atom is 0.264 e. The van der Waals surface area contributed by atoms with Crippen molar-refractivity contribution in [3.63, 3.8) is 0 Å². The molecule has 1 aliphatic heterocycles. The molecule has 138 valence electrons. The van der Waals surface area contributed by atoms with Gasteiger partial charge in [0.1, 0.15) is 5.75 Å². The Bertz CT molecular complexity index is 720. The van der Waals surface area contributed by atoms with Crippen LogP contribution in [0.15, 0.2) is 41.8 Å². The summed E-state index contributed by atoms with van der Waals surface area (Å²) in [5, 5.41) is 1.91. The lowest BCUT2D eigenvalue weighted by molar-refractivity contribution is 0.0538. The van der Waals surface area contributed by atoms with Gasteiger partial charge in [0, 0.05) is 31.7 Å². The maximum absolute atomic E-state index is 12.7. The van der Waals surface area contributed by atoms with Crippen LogP contribution in [0.3, 0.4) is 0 Å². The van der Waals surface area contributed by atoms with Crippen molar-refractivity contribution in [3.05, 3.63) is 52.2 Å². The second kappa shape index (κ2) is 8.85. The molecule has 0 spiro atoms. The van der Waals surface area contributed by atoms with Gasteiger partial charge in [-0.15, -0.1) is 11.3 Å². The monoisotopic (exact) mass is 372 g/mol. The summed E-state index contributed by atoms with van der Waals surface area (Å²) in [5.74, 6) is 0.857. The molecular weight excluding hydrogens is 348 g/mol. The van der Waals surface area contributed by atoms with E-state index >= 15 is 0 Å². The molecule has 1 fully saturated rings. The van der Waals surface area contributed by atoms with Gasteiger partial charge >= 0.3 is 0 Å². The maximum atomic E-state index is 12.7. The number of amides is 2. The highest BCUT2D eigenvalue weighted by Crippen LogP contribution is 2.17. The molecule has 0 radical (unpaired) electrons. The van der Waals surface area contributed by atoms with E-state index < -0.39 is 0 Å². The molecule has 2 heterocycles. The Labute approximate surface area is 158 Å². The van der Waals surface area contributed by atoms with E-state index in [4.69, 9.17) is 4.74 Å². The lowest BCUT2D eigenvalue weighted by Crippen LogP contribution is -2.50. The first kappa shape index (κ1) is 18.5. The van der Waals surface area contributed by atoms with Crippen molar-refractivity contribution in [2.45, 2.75) is 19.8 Å². The van der Waals surface area contributed by atoms with Gasteiger partial charge in [-0.1, -0.05) is 19.4 Å². The van der Waals surface area contributed by atoms with Crippen LogP contribution in [-0.4, -0.2) is 54.4 Å². The third-order valence-corrected chi connectivity index (χ3v) is 5.31. The molecule has 1 aliphatic rings. The molecule has 0 aliphatic carbocycles. The molecule has 6 heteroatoms. The van der Waals surface area contributed by atoms with E-state index in [0.29, 0.717) is 38.3 Å². The number of ether oxygens (including phenoxy) is 1. The SMILES string of the molecule is CCCCOc1ccc(C(=O)N2CCN(C(=O)c3cccs3)CC2)cc1. The molecule has 3 rings (SSSR count). The number of rotatable bonds is 6. The van der Waals surface area contributed by atoms with Crippen LogP contribution in [0.4, 0.5) is 0 Å². The molecular formula is C20H24N2O3S. The van der Waals surface area contributed by atoms with Gasteiger partial charge in [0.25, 0.3) is 11.8 Å². The summed E-state index contributed by atoms with van der Waals surface area (Å²) in [6, 6.07) is 11.0. The predicted molar refractivity (Wildman–Crippen MR) is 103 cm³/mol. The molecule has 0 saturated carbocycles. The predicted octanol–water partition coefficient (Wildman–Crippen LogP) is 3.53. The minimum Gasteiger partial charge on any atom is -0.494 e. The van der Waals surface area contributed by atoms with Gasteiger partial charge in [-0.2, -0.15) is 0 Å². The highest BCUT2D eigenvalue weighted by molar-refractivity contribution is 7.12. The van der Waals surface area contributed by atoms with Crippen LogP contribution < -0.4 is 4.74 Å². The molecule has 0 atom stereocenters. The number of unbranched alkanes of at least 4 members (excludes halogenated alkanes) is 1. The van der Waals surface area contributed by atoms with Crippen LogP contribution in [0.5, 0.6) is 5.75 Å². The first-order chi connectivity index (χ1) is 12.7. The molecule has 0 unspecified atom stereocenters. The van der Waals surface area contributed by atoms with Gasteiger partial charge in [-0.3, -0.25) is 9.59 Å². The van der Waals surface area contributed by atoms with E-state index in [-0.39, 0.29) is 11.8 Å². The minimum atomic E-state index is 0.00771. The Kier molecular flexibility index (Phi) is 6.28. The van der Waals surface area contributed by atoms with Gasteiger partial charge in [-0.05, 0) is 42.1 Å². The van der Waals surface area contributed by atoms with Crippen molar-refractivity contribution < 1.29 is 14.3 Å². The van der Waals surface area contributed by atoms with Gasteiger partial charge < -0.3 is 14.5 Å². The van der Waals surface area contributed by atoms with Crippen molar-refractivity contribution in [3.8, 4) is 5.75 Å². The zero-order valence-corrected chi connectivity index (χ0v) is 15.8. The van der Waals surface area contributed by atoms with Crippen LogP contribution >= 0.6 is 11.3 Å². The fraction of sp³-hybridized carbons (Fsp3) is 0.400. The second-order valence-electron chi connectivity index (χ2n) is 6.29. The molecule has 2 amide bonds. The second-order valence-corrected chi connectivity index (χ2v) is 7.24. The van der Waals surface area contributed by atoms with E-state index in [1.165, 1.54) is 11.3 Å². The number of carbonyl (C=O) groups is 2. The zero-order valence-electron chi connectivity index (χ0n) is 15.0. The summed E-state index contributed by atoms with van der Waals surface area (Å²) in [6.45, 7) is 5.08. The molecule has 26 heavy (non-hydrogen) atoms. The van der Waals surface area contributed by atoms with E-state index in [1.54, 1.807) is 0 Å². The summed E-state index contributed by atoms with van der Waals surface area (Å²) in [7, 11) is 0. The highest BCUT2D eigenvalue weighted by Gasteiger charge is 2.25. The Morgan fingerprint density at radius 3 is 2.23 bits per heavy atom. The first-order valence-electron chi connectivity index (χ1n) is 9.04. The molecule has 1 saturated heterocycles. The van der Waals surface area contributed by atoms with Crippen molar-refractivity contribution >= 4 is 23.2 Å². The third-order valence-electron chi connectivity index (χ3n) is 4.45. The zero-order chi connectivity index (χ0) is 18.4. The standard InChI is InChI=1S/C20H24N2O3S/c1-2-3-14-25-17-8-6-16(7-9-17)19(23)21-10-12-22(13-11-21)20(24)18-5-4-15-26-18/h4-9,15H,2-3,10-14H2,1H3. The largest absolute Gasteiger partial charge is 0.494 e. The average molecular weight is 372 g/mol. The lowest BCUT2D eigenvalue weighted by Gasteiger charge is -2.34. The summed E-state index contributed by atoms with van der Waals surface area (Å²) in [4.78, 5) is 29.4. The van der Waals surface area contributed by atoms with E-state index in [2.05, 4.69) is 6.92 Å². The Balaban J connectivity index is 1.52. The number of hydrogen-bond donors (Lipinski definition) is 0. The van der Waals surface area contributed by atoms with Gasteiger partial charge in [0.05, 0.1) is 11.5 Å². The van der Waals surface area contributed by atoms with Gasteiger partial charge in [-0.25, -0.2) is 0 Å². The lowest BCUT2D eigenvalue weighted by atomic mass is 10.1. The fourth-order valence-electron chi connectivity index (χ4n) is 2.88. The number of hydrogen-bond acceptors (Lipinski definition) is 4. The Hall–Kier alpha value is -2.34. The minimum absolute atomic E-state index is 0.00771. The first-order valence-corrected chi connectivity index (χ1v) is 9.92. The number of carbonyl (C=O) groups excluding carboxylic acids is 2. The molecule has 5 nitrogen and oxygen atoms in total. The molecule has 1 aromatic carbocycles. The Morgan fingerprint density at radius 1 is 1.00 bits per heavy atom. The summed E-state index contributed by atoms with van der Waals surface area (Å²) in [6.07, 6.45) is 2.12. The van der Waals surface area contributed by atoms with Crippen LogP contribution in [0.1, 0.15) is 39.8 Å². The summed E-state index contributed by atoms with van der Waals surface area (Å²) < 4.78 is 5.63. The van der Waals surface area contributed by atoms with Crippen LogP contribution in [-0.2, 0) is 0 Å².